The van der Waals surface area contributed by atoms with Crippen molar-refractivity contribution in [2.24, 2.45) is 0 Å². The van der Waals surface area contributed by atoms with E-state index in [4.69, 9.17) is 4.74 Å². The van der Waals surface area contributed by atoms with Crippen LogP contribution in [0.15, 0.2) is 48.5 Å². The van der Waals surface area contributed by atoms with Crippen molar-refractivity contribution < 1.29 is 23.9 Å². The molecule has 0 unspecified atom stereocenters. The number of ether oxygens (including phenoxy) is 1. The summed E-state index contributed by atoms with van der Waals surface area (Å²) in [5.74, 6) is -1.13. The SMILES string of the molecule is O=C(COC(=O)c1ccc(CN2CCCC2=O)cc1)Nc1cccc(C(=O)NC2CC2)c1. The Labute approximate surface area is 185 Å². The molecule has 2 aliphatic rings. The van der Waals surface area contributed by atoms with E-state index in [0.717, 1.165) is 31.4 Å². The third-order valence-electron chi connectivity index (χ3n) is 5.39. The lowest BCUT2D eigenvalue weighted by Crippen LogP contribution is -2.25. The van der Waals surface area contributed by atoms with E-state index in [1.165, 1.54) is 0 Å². The van der Waals surface area contributed by atoms with Crippen molar-refractivity contribution in [3.63, 3.8) is 0 Å². The van der Waals surface area contributed by atoms with Crippen LogP contribution in [0.5, 0.6) is 0 Å². The molecule has 2 aromatic carbocycles. The first kappa shape index (κ1) is 21.5. The number of esters is 1. The summed E-state index contributed by atoms with van der Waals surface area (Å²) in [5, 5.41) is 5.53. The van der Waals surface area contributed by atoms with Crippen molar-refractivity contribution >= 4 is 29.4 Å². The molecule has 4 rings (SSSR count). The maximum absolute atomic E-state index is 12.2. The zero-order valence-electron chi connectivity index (χ0n) is 17.6. The summed E-state index contributed by atoms with van der Waals surface area (Å²) in [6.45, 7) is 0.835. The van der Waals surface area contributed by atoms with Crippen molar-refractivity contribution in [2.75, 3.05) is 18.5 Å². The first-order valence-corrected chi connectivity index (χ1v) is 10.7. The van der Waals surface area contributed by atoms with E-state index in [-0.39, 0.29) is 17.9 Å². The fourth-order valence-corrected chi connectivity index (χ4v) is 3.48. The Morgan fingerprint density at radius 1 is 1.03 bits per heavy atom. The Hall–Kier alpha value is -3.68. The van der Waals surface area contributed by atoms with Gasteiger partial charge in [0.05, 0.1) is 5.56 Å². The van der Waals surface area contributed by atoms with Gasteiger partial charge in [-0.2, -0.15) is 0 Å². The Kier molecular flexibility index (Phi) is 6.49. The van der Waals surface area contributed by atoms with Gasteiger partial charge >= 0.3 is 5.97 Å². The van der Waals surface area contributed by atoms with E-state index in [9.17, 15) is 19.2 Å². The summed E-state index contributed by atoms with van der Waals surface area (Å²) >= 11 is 0. The van der Waals surface area contributed by atoms with Crippen LogP contribution in [0.3, 0.4) is 0 Å². The molecule has 3 amide bonds. The molecule has 8 heteroatoms. The number of nitrogens with zero attached hydrogens (tertiary/aromatic N) is 1. The predicted molar refractivity (Wildman–Crippen MR) is 117 cm³/mol. The molecule has 1 saturated carbocycles. The van der Waals surface area contributed by atoms with Crippen LogP contribution in [0.2, 0.25) is 0 Å². The molecule has 2 N–H and O–H groups in total. The van der Waals surface area contributed by atoms with Gasteiger partial charge in [0.25, 0.3) is 11.8 Å². The molecule has 166 valence electrons. The van der Waals surface area contributed by atoms with E-state index < -0.39 is 18.5 Å². The molecular formula is C24H25N3O5. The van der Waals surface area contributed by atoms with Crippen molar-refractivity contribution in [3.05, 3.63) is 65.2 Å². The van der Waals surface area contributed by atoms with Gasteiger partial charge in [-0.15, -0.1) is 0 Å². The molecule has 8 nitrogen and oxygen atoms in total. The van der Waals surface area contributed by atoms with Gasteiger partial charge in [0, 0.05) is 36.8 Å². The number of hydrogen-bond donors (Lipinski definition) is 2. The lowest BCUT2D eigenvalue weighted by molar-refractivity contribution is -0.128. The van der Waals surface area contributed by atoms with Crippen LogP contribution < -0.4 is 10.6 Å². The van der Waals surface area contributed by atoms with Gasteiger partial charge in [-0.05, 0) is 55.2 Å². The van der Waals surface area contributed by atoms with Gasteiger partial charge in [-0.3, -0.25) is 14.4 Å². The van der Waals surface area contributed by atoms with Crippen LogP contribution in [-0.2, 0) is 20.9 Å². The Bertz CT molecular complexity index is 1030. The van der Waals surface area contributed by atoms with Crippen molar-refractivity contribution in [3.8, 4) is 0 Å². The number of hydrogen-bond acceptors (Lipinski definition) is 5. The van der Waals surface area contributed by atoms with E-state index >= 15 is 0 Å². The molecule has 0 aromatic heterocycles. The zero-order chi connectivity index (χ0) is 22.5. The largest absolute Gasteiger partial charge is 0.452 e. The summed E-state index contributed by atoms with van der Waals surface area (Å²) in [5.41, 5.74) is 2.17. The third-order valence-corrected chi connectivity index (χ3v) is 5.39. The second-order valence-electron chi connectivity index (χ2n) is 8.07. The van der Waals surface area contributed by atoms with E-state index in [0.29, 0.717) is 29.8 Å². The molecule has 1 aliphatic carbocycles. The van der Waals surface area contributed by atoms with Gasteiger partial charge in [0.2, 0.25) is 5.91 Å². The molecule has 0 spiro atoms. The van der Waals surface area contributed by atoms with E-state index in [1.807, 2.05) is 0 Å². The van der Waals surface area contributed by atoms with Crippen molar-refractivity contribution in [2.45, 2.75) is 38.3 Å². The lowest BCUT2D eigenvalue weighted by Gasteiger charge is -2.15. The standard InChI is InChI=1S/C24H25N3O5/c28-21(25-20-4-1-3-18(13-20)23(30)26-19-10-11-19)15-32-24(31)17-8-6-16(7-9-17)14-27-12-2-5-22(27)29/h1,3-4,6-9,13,19H,2,5,10-12,14-15H2,(H,25,28)(H,26,30). The molecule has 32 heavy (non-hydrogen) atoms. The molecule has 0 radical (unpaired) electrons. The maximum atomic E-state index is 12.2. The first-order chi connectivity index (χ1) is 15.5. The minimum absolute atomic E-state index is 0.147. The predicted octanol–water partition coefficient (Wildman–Crippen LogP) is 2.50. The van der Waals surface area contributed by atoms with Gasteiger partial charge in [0.1, 0.15) is 0 Å². The topological polar surface area (TPSA) is 105 Å². The summed E-state index contributed by atoms with van der Waals surface area (Å²) in [7, 11) is 0. The number of amides is 3. The number of carbonyl (C=O) groups excluding carboxylic acids is 4. The fourth-order valence-electron chi connectivity index (χ4n) is 3.48. The minimum Gasteiger partial charge on any atom is -0.452 e. The molecule has 1 saturated heterocycles. The highest BCUT2D eigenvalue weighted by Gasteiger charge is 2.24. The molecule has 0 bridgehead atoms. The zero-order valence-corrected chi connectivity index (χ0v) is 17.6. The van der Waals surface area contributed by atoms with Crippen LogP contribution >= 0.6 is 0 Å². The van der Waals surface area contributed by atoms with Gasteiger partial charge < -0.3 is 20.3 Å². The number of benzene rings is 2. The molecule has 2 fully saturated rings. The third kappa shape index (κ3) is 5.72. The van der Waals surface area contributed by atoms with Crippen molar-refractivity contribution in [1.82, 2.24) is 10.2 Å². The number of likely N-dealkylation sites (tertiary alicyclic amines) is 1. The van der Waals surface area contributed by atoms with Crippen LogP contribution in [0.25, 0.3) is 0 Å². The summed E-state index contributed by atoms with van der Waals surface area (Å²) in [4.78, 5) is 50.1. The number of rotatable bonds is 8. The van der Waals surface area contributed by atoms with Gasteiger partial charge in [-0.25, -0.2) is 4.79 Å². The maximum Gasteiger partial charge on any atom is 0.338 e. The summed E-state index contributed by atoms with van der Waals surface area (Å²) in [6, 6.07) is 13.7. The second-order valence-corrected chi connectivity index (χ2v) is 8.07. The normalized spacial score (nSPS) is 15.4. The monoisotopic (exact) mass is 435 g/mol. The van der Waals surface area contributed by atoms with Crippen molar-refractivity contribution in [1.29, 1.82) is 0 Å². The van der Waals surface area contributed by atoms with Crippen LogP contribution in [0.4, 0.5) is 5.69 Å². The highest BCUT2D eigenvalue weighted by atomic mass is 16.5. The van der Waals surface area contributed by atoms with Crippen LogP contribution in [0, 0.1) is 0 Å². The molecular weight excluding hydrogens is 410 g/mol. The summed E-state index contributed by atoms with van der Waals surface area (Å²) < 4.78 is 5.10. The highest BCUT2D eigenvalue weighted by Crippen LogP contribution is 2.20. The number of anilines is 1. The quantitative estimate of drug-likeness (QED) is 0.620. The number of carbonyl (C=O) groups is 4. The fraction of sp³-hybridized carbons (Fsp3) is 0.333. The van der Waals surface area contributed by atoms with Gasteiger partial charge in [-0.1, -0.05) is 18.2 Å². The summed E-state index contributed by atoms with van der Waals surface area (Å²) in [6.07, 6.45) is 3.45. The molecule has 0 atom stereocenters. The molecule has 2 aromatic rings. The Morgan fingerprint density at radius 3 is 2.50 bits per heavy atom. The number of nitrogens with one attached hydrogen (secondary N) is 2. The van der Waals surface area contributed by atoms with Gasteiger partial charge in [0.15, 0.2) is 6.61 Å². The lowest BCUT2D eigenvalue weighted by atomic mass is 10.1. The average molecular weight is 435 g/mol. The Morgan fingerprint density at radius 2 is 1.81 bits per heavy atom. The minimum atomic E-state index is -0.610. The first-order valence-electron chi connectivity index (χ1n) is 10.7. The molecule has 1 heterocycles. The molecule has 1 aliphatic heterocycles. The van der Waals surface area contributed by atoms with Crippen LogP contribution in [-0.4, -0.2) is 47.8 Å². The smallest absolute Gasteiger partial charge is 0.338 e. The average Bonchev–Trinajstić information content (AvgIpc) is 3.52. The second kappa shape index (κ2) is 9.64. The van der Waals surface area contributed by atoms with E-state index in [2.05, 4.69) is 10.6 Å². The Balaban J connectivity index is 1.25. The van der Waals surface area contributed by atoms with Crippen LogP contribution in [0.1, 0.15) is 52.0 Å². The van der Waals surface area contributed by atoms with E-state index in [1.54, 1.807) is 53.4 Å². The highest BCUT2D eigenvalue weighted by molar-refractivity contribution is 5.98.